The SMILES string of the molecule is CCC(=O)Cn1nnc2ccccc21. The van der Waals surface area contributed by atoms with E-state index in [9.17, 15) is 4.79 Å². The van der Waals surface area contributed by atoms with Gasteiger partial charge in [0.05, 0.1) is 5.52 Å². The van der Waals surface area contributed by atoms with E-state index in [2.05, 4.69) is 10.3 Å². The molecule has 0 aliphatic heterocycles. The smallest absolute Gasteiger partial charge is 0.154 e. The second-order valence-electron chi connectivity index (χ2n) is 3.13. The number of para-hydroxylation sites is 1. The molecule has 0 saturated heterocycles. The van der Waals surface area contributed by atoms with Crippen LogP contribution >= 0.6 is 0 Å². The van der Waals surface area contributed by atoms with Crippen LogP contribution in [0.1, 0.15) is 13.3 Å². The van der Waals surface area contributed by atoms with Gasteiger partial charge in [-0.1, -0.05) is 24.3 Å². The van der Waals surface area contributed by atoms with Crippen LogP contribution in [0.25, 0.3) is 11.0 Å². The Morgan fingerprint density at radius 3 is 3.00 bits per heavy atom. The maximum Gasteiger partial charge on any atom is 0.154 e. The van der Waals surface area contributed by atoms with E-state index in [1.165, 1.54) is 0 Å². The van der Waals surface area contributed by atoms with Crippen molar-refractivity contribution >= 4 is 16.8 Å². The number of Topliss-reactive ketones (excluding diaryl/α,β-unsaturated/α-hetero) is 1. The topological polar surface area (TPSA) is 47.8 Å². The average molecular weight is 189 g/mol. The molecule has 4 heteroatoms. The highest BCUT2D eigenvalue weighted by Gasteiger charge is 2.05. The molecule has 0 atom stereocenters. The summed E-state index contributed by atoms with van der Waals surface area (Å²) in [4.78, 5) is 11.2. The fourth-order valence-corrected chi connectivity index (χ4v) is 1.31. The summed E-state index contributed by atoms with van der Waals surface area (Å²) >= 11 is 0. The maximum atomic E-state index is 11.2. The summed E-state index contributed by atoms with van der Waals surface area (Å²) in [6, 6.07) is 7.62. The van der Waals surface area contributed by atoms with Gasteiger partial charge >= 0.3 is 0 Å². The molecule has 14 heavy (non-hydrogen) atoms. The van der Waals surface area contributed by atoms with Crippen molar-refractivity contribution in [1.82, 2.24) is 15.0 Å². The zero-order valence-electron chi connectivity index (χ0n) is 7.97. The monoisotopic (exact) mass is 189 g/mol. The van der Waals surface area contributed by atoms with E-state index in [0.29, 0.717) is 13.0 Å². The quantitative estimate of drug-likeness (QED) is 0.733. The number of benzene rings is 1. The number of aromatic nitrogens is 3. The lowest BCUT2D eigenvalue weighted by Gasteiger charge is -1.98. The fraction of sp³-hybridized carbons (Fsp3) is 0.300. The highest BCUT2D eigenvalue weighted by atomic mass is 16.1. The number of ketones is 1. The lowest BCUT2D eigenvalue weighted by atomic mass is 10.3. The molecule has 0 N–H and O–H groups in total. The van der Waals surface area contributed by atoms with Crippen LogP contribution in [0.5, 0.6) is 0 Å². The Hall–Kier alpha value is -1.71. The Morgan fingerprint density at radius 1 is 1.43 bits per heavy atom. The molecule has 0 amide bonds. The van der Waals surface area contributed by atoms with Crippen LogP contribution < -0.4 is 0 Å². The van der Waals surface area contributed by atoms with Gasteiger partial charge in [-0.15, -0.1) is 5.10 Å². The largest absolute Gasteiger partial charge is 0.298 e. The van der Waals surface area contributed by atoms with Crippen LogP contribution in [0.15, 0.2) is 24.3 Å². The molecule has 72 valence electrons. The van der Waals surface area contributed by atoms with E-state index in [1.807, 2.05) is 31.2 Å². The third-order valence-electron chi connectivity index (χ3n) is 2.14. The maximum absolute atomic E-state index is 11.2. The number of rotatable bonds is 3. The Balaban J connectivity index is 2.38. The zero-order valence-corrected chi connectivity index (χ0v) is 7.97. The molecule has 0 fully saturated rings. The van der Waals surface area contributed by atoms with Gasteiger partial charge in [-0.3, -0.25) is 4.79 Å². The summed E-state index contributed by atoms with van der Waals surface area (Å²) in [5, 5.41) is 7.90. The van der Waals surface area contributed by atoms with Gasteiger partial charge in [-0.2, -0.15) is 0 Å². The van der Waals surface area contributed by atoms with Crippen molar-refractivity contribution in [2.24, 2.45) is 0 Å². The third kappa shape index (κ3) is 1.51. The van der Waals surface area contributed by atoms with Crippen LogP contribution in [-0.2, 0) is 11.3 Å². The van der Waals surface area contributed by atoms with Crippen molar-refractivity contribution in [3.63, 3.8) is 0 Å². The van der Waals surface area contributed by atoms with Crippen LogP contribution in [0.2, 0.25) is 0 Å². The van der Waals surface area contributed by atoms with E-state index in [4.69, 9.17) is 0 Å². The first-order valence-corrected chi connectivity index (χ1v) is 4.61. The summed E-state index contributed by atoms with van der Waals surface area (Å²) in [6.45, 7) is 2.17. The predicted molar refractivity (Wildman–Crippen MR) is 52.8 cm³/mol. The molecule has 4 nitrogen and oxygen atoms in total. The predicted octanol–water partition coefficient (Wildman–Crippen LogP) is 1.41. The van der Waals surface area contributed by atoms with Crippen LogP contribution in [-0.4, -0.2) is 20.8 Å². The molecule has 2 rings (SSSR count). The molecule has 0 aliphatic carbocycles. The lowest BCUT2D eigenvalue weighted by molar-refractivity contribution is -0.119. The number of carbonyl (C=O) groups excluding carboxylic acids is 1. The van der Waals surface area contributed by atoms with Crippen molar-refractivity contribution in [3.05, 3.63) is 24.3 Å². The molecule has 2 aromatic rings. The molecule has 1 aromatic carbocycles. The van der Waals surface area contributed by atoms with E-state index < -0.39 is 0 Å². The minimum Gasteiger partial charge on any atom is -0.298 e. The molecule has 0 aliphatic rings. The molecule has 0 saturated carbocycles. The highest BCUT2D eigenvalue weighted by Crippen LogP contribution is 2.09. The molecule has 0 bridgehead atoms. The van der Waals surface area contributed by atoms with Gasteiger partial charge in [-0.05, 0) is 12.1 Å². The molecule has 0 spiro atoms. The Morgan fingerprint density at radius 2 is 2.21 bits per heavy atom. The molecule has 1 heterocycles. The number of hydrogen-bond donors (Lipinski definition) is 0. The summed E-state index contributed by atoms with van der Waals surface area (Å²) in [7, 11) is 0. The number of carbonyl (C=O) groups is 1. The van der Waals surface area contributed by atoms with Crippen molar-refractivity contribution in [1.29, 1.82) is 0 Å². The van der Waals surface area contributed by atoms with E-state index in [-0.39, 0.29) is 5.78 Å². The molecule has 0 unspecified atom stereocenters. The van der Waals surface area contributed by atoms with Gasteiger partial charge in [0.15, 0.2) is 5.78 Å². The zero-order chi connectivity index (χ0) is 9.97. The van der Waals surface area contributed by atoms with Crippen LogP contribution in [0.4, 0.5) is 0 Å². The van der Waals surface area contributed by atoms with Crippen molar-refractivity contribution in [3.8, 4) is 0 Å². The number of hydrogen-bond acceptors (Lipinski definition) is 3. The van der Waals surface area contributed by atoms with Crippen LogP contribution in [0.3, 0.4) is 0 Å². The number of fused-ring (bicyclic) bond motifs is 1. The highest BCUT2D eigenvalue weighted by molar-refractivity contribution is 5.80. The van der Waals surface area contributed by atoms with Crippen LogP contribution in [0, 0.1) is 0 Å². The molecule has 0 radical (unpaired) electrons. The second kappa shape index (κ2) is 3.57. The summed E-state index contributed by atoms with van der Waals surface area (Å²) in [6.07, 6.45) is 0.536. The molecular weight excluding hydrogens is 178 g/mol. The van der Waals surface area contributed by atoms with Gasteiger partial charge in [-0.25, -0.2) is 4.68 Å². The summed E-state index contributed by atoms with van der Waals surface area (Å²) < 4.78 is 1.64. The fourth-order valence-electron chi connectivity index (χ4n) is 1.31. The van der Waals surface area contributed by atoms with Crippen molar-refractivity contribution in [2.75, 3.05) is 0 Å². The first-order chi connectivity index (χ1) is 6.81. The minimum absolute atomic E-state index is 0.167. The van der Waals surface area contributed by atoms with Gasteiger partial charge in [0.25, 0.3) is 0 Å². The summed E-state index contributed by atoms with van der Waals surface area (Å²) in [5.41, 5.74) is 1.74. The molecule has 1 aromatic heterocycles. The van der Waals surface area contributed by atoms with Gasteiger partial charge in [0, 0.05) is 6.42 Å². The van der Waals surface area contributed by atoms with Gasteiger partial charge < -0.3 is 0 Å². The average Bonchev–Trinajstić information content (AvgIpc) is 2.62. The lowest BCUT2D eigenvalue weighted by Crippen LogP contribution is -2.09. The Bertz CT molecular complexity index is 461. The second-order valence-corrected chi connectivity index (χ2v) is 3.13. The van der Waals surface area contributed by atoms with Gasteiger partial charge in [0.1, 0.15) is 12.1 Å². The molecular formula is C10H11N3O. The Kier molecular flexibility index (Phi) is 2.26. The first-order valence-electron chi connectivity index (χ1n) is 4.61. The first kappa shape index (κ1) is 8.87. The minimum atomic E-state index is 0.167. The van der Waals surface area contributed by atoms with E-state index >= 15 is 0 Å². The van der Waals surface area contributed by atoms with E-state index in [1.54, 1.807) is 4.68 Å². The third-order valence-corrected chi connectivity index (χ3v) is 2.14. The standard InChI is InChI=1S/C10H11N3O/c1-2-8(14)7-13-10-6-4-3-5-9(10)11-12-13/h3-6H,2,7H2,1H3. The van der Waals surface area contributed by atoms with E-state index in [0.717, 1.165) is 11.0 Å². The normalized spacial score (nSPS) is 10.6. The van der Waals surface area contributed by atoms with Crippen molar-refractivity contribution in [2.45, 2.75) is 19.9 Å². The van der Waals surface area contributed by atoms with Crippen molar-refractivity contribution < 1.29 is 4.79 Å². The Labute approximate surface area is 81.5 Å². The van der Waals surface area contributed by atoms with Gasteiger partial charge in [0.2, 0.25) is 0 Å². The number of nitrogens with zero attached hydrogens (tertiary/aromatic N) is 3. The summed E-state index contributed by atoms with van der Waals surface area (Å²) in [5.74, 6) is 0.167.